The molecule has 18 heavy (non-hydrogen) atoms. The molecule has 106 valence electrons. The minimum absolute atomic E-state index is 0.0973. The Bertz CT molecular complexity index is 243. The first-order valence-corrected chi connectivity index (χ1v) is 7.53. The second-order valence-corrected chi connectivity index (χ2v) is 5.61. The van der Waals surface area contributed by atoms with Crippen molar-refractivity contribution in [2.45, 2.75) is 77.3 Å². The van der Waals surface area contributed by atoms with E-state index in [1.165, 1.54) is 39.2 Å². The summed E-state index contributed by atoms with van der Waals surface area (Å²) in [5, 5.41) is 3.56. The van der Waals surface area contributed by atoms with Gasteiger partial charge in [0.25, 0.3) is 0 Å². The number of hydrogen-bond acceptors (Lipinski definition) is 3. The zero-order chi connectivity index (χ0) is 13.4. The lowest BCUT2D eigenvalue weighted by Gasteiger charge is -2.27. The van der Waals surface area contributed by atoms with E-state index in [0.29, 0.717) is 12.0 Å². The summed E-state index contributed by atoms with van der Waals surface area (Å²) >= 11 is 0. The van der Waals surface area contributed by atoms with Gasteiger partial charge in [-0.2, -0.15) is 0 Å². The highest BCUT2D eigenvalue weighted by molar-refractivity contribution is 5.75. The van der Waals surface area contributed by atoms with Crippen LogP contribution in [0.25, 0.3) is 0 Å². The fourth-order valence-corrected chi connectivity index (χ4v) is 2.82. The maximum atomic E-state index is 11.8. The van der Waals surface area contributed by atoms with Crippen molar-refractivity contribution in [1.29, 1.82) is 0 Å². The van der Waals surface area contributed by atoms with Gasteiger partial charge in [0.2, 0.25) is 0 Å². The zero-order valence-corrected chi connectivity index (χ0v) is 12.2. The molecule has 0 amide bonds. The minimum Gasteiger partial charge on any atom is -0.468 e. The number of nitrogens with one attached hydrogen (secondary N) is 1. The number of hydrogen-bond donors (Lipinski definition) is 1. The van der Waals surface area contributed by atoms with Gasteiger partial charge in [-0.25, -0.2) is 0 Å². The van der Waals surface area contributed by atoms with Crippen LogP contribution in [0.4, 0.5) is 0 Å². The smallest absolute Gasteiger partial charge is 0.322 e. The van der Waals surface area contributed by atoms with Crippen molar-refractivity contribution in [2.75, 3.05) is 7.11 Å². The van der Waals surface area contributed by atoms with Gasteiger partial charge in [-0.15, -0.1) is 0 Å². The average Bonchev–Trinajstić information content (AvgIpc) is 2.58. The van der Waals surface area contributed by atoms with E-state index in [4.69, 9.17) is 4.74 Å². The number of unbranched alkanes of at least 4 members (excludes halogenated alkanes) is 1. The van der Waals surface area contributed by atoms with Gasteiger partial charge in [-0.05, 0) is 25.2 Å². The van der Waals surface area contributed by atoms with Gasteiger partial charge >= 0.3 is 5.97 Å². The van der Waals surface area contributed by atoms with Crippen molar-refractivity contribution in [2.24, 2.45) is 5.92 Å². The summed E-state index contributed by atoms with van der Waals surface area (Å²) in [6.45, 7) is 4.46. The first-order chi connectivity index (χ1) is 8.69. The molecule has 3 nitrogen and oxygen atoms in total. The lowest BCUT2D eigenvalue weighted by molar-refractivity contribution is -0.143. The molecule has 1 aliphatic carbocycles. The van der Waals surface area contributed by atoms with E-state index < -0.39 is 0 Å². The Hall–Kier alpha value is -0.570. The molecule has 3 atom stereocenters. The molecule has 0 heterocycles. The number of ether oxygens (including phenoxy) is 1. The maximum absolute atomic E-state index is 11.8. The molecule has 0 bridgehead atoms. The van der Waals surface area contributed by atoms with Crippen LogP contribution in [-0.2, 0) is 9.53 Å². The highest BCUT2D eigenvalue weighted by Gasteiger charge is 2.26. The molecule has 0 aliphatic heterocycles. The minimum atomic E-state index is -0.111. The molecule has 0 spiro atoms. The average molecular weight is 255 g/mol. The topological polar surface area (TPSA) is 38.3 Å². The molecule has 1 aliphatic rings. The van der Waals surface area contributed by atoms with Gasteiger partial charge in [0.1, 0.15) is 6.04 Å². The van der Waals surface area contributed by atoms with Crippen LogP contribution in [0.2, 0.25) is 0 Å². The molecular weight excluding hydrogens is 226 g/mol. The van der Waals surface area contributed by atoms with Crippen LogP contribution in [0.5, 0.6) is 0 Å². The third kappa shape index (κ3) is 4.97. The molecule has 0 aromatic heterocycles. The normalized spacial score (nSPS) is 26.4. The standard InChI is InChI=1S/C15H29NO2/c1-4-5-10-14(15(17)18-3)16-13-11-8-6-7-9-12(13)2/h12-14,16H,4-11H2,1-3H3. The Morgan fingerprint density at radius 2 is 2.06 bits per heavy atom. The van der Waals surface area contributed by atoms with Crippen LogP contribution >= 0.6 is 0 Å². The van der Waals surface area contributed by atoms with Crippen LogP contribution in [0.3, 0.4) is 0 Å². The highest BCUT2D eigenvalue weighted by Crippen LogP contribution is 2.23. The molecule has 0 saturated heterocycles. The fraction of sp³-hybridized carbons (Fsp3) is 0.933. The summed E-state index contributed by atoms with van der Waals surface area (Å²) in [7, 11) is 1.49. The number of methoxy groups -OCH3 is 1. The van der Waals surface area contributed by atoms with Crippen LogP contribution in [0.15, 0.2) is 0 Å². The van der Waals surface area contributed by atoms with Crippen molar-refractivity contribution in [1.82, 2.24) is 5.32 Å². The van der Waals surface area contributed by atoms with Crippen LogP contribution in [-0.4, -0.2) is 25.2 Å². The van der Waals surface area contributed by atoms with Crippen molar-refractivity contribution < 1.29 is 9.53 Å². The van der Waals surface area contributed by atoms with E-state index in [1.807, 2.05) is 0 Å². The summed E-state index contributed by atoms with van der Waals surface area (Å²) in [6, 6.07) is 0.369. The Balaban J connectivity index is 2.53. The molecule has 3 unspecified atom stereocenters. The largest absolute Gasteiger partial charge is 0.468 e. The molecular formula is C15H29NO2. The molecule has 0 radical (unpaired) electrons. The molecule has 1 fully saturated rings. The molecule has 1 saturated carbocycles. The SMILES string of the molecule is CCCCC(NC1CCCCCC1C)C(=O)OC. The Kier molecular flexibility index (Phi) is 7.33. The van der Waals surface area contributed by atoms with Gasteiger partial charge in [-0.3, -0.25) is 4.79 Å². The predicted molar refractivity (Wildman–Crippen MR) is 74.5 cm³/mol. The number of esters is 1. The van der Waals surface area contributed by atoms with Crippen molar-refractivity contribution in [3.8, 4) is 0 Å². The second kappa shape index (κ2) is 8.52. The van der Waals surface area contributed by atoms with Gasteiger partial charge in [-0.1, -0.05) is 46.0 Å². The summed E-state index contributed by atoms with van der Waals surface area (Å²) in [6.07, 6.45) is 9.51. The Morgan fingerprint density at radius 1 is 1.33 bits per heavy atom. The van der Waals surface area contributed by atoms with E-state index in [1.54, 1.807) is 0 Å². The lowest BCUT2D eigenvalue weighted by Crippen LogP contribution is -2.46. The second-order valence-electron chi connectivity index (χ2n) is 5.61. The third-order valence-electron chi connectivity index (χ3n) is 4.11. The van der Waals surface area contributed by atoms with Gasteiger partial charge < -0.3 is 10.1 Å². The number of rotatable bonds is 6. The highest BCUT2D eigenvalue weighted by atomic mass is 16.5. The van der Waals surface area contributed by atoms with E-state index in [0.717, 1.165) is 19.3 Å². The lowest BCUT2D eigenvalue weighted by atomic mass is 9.95. The van der Waals surface area contributed by atoms with Crippen molar-refractivity contribution in [3.05, 3.63) is 0 Å². The number of carbonyl (C=O) groups is 1. The molecule has 1 rings (SSSR count). The van der Waals surface area contributed by atoms with E-state index in [-0.39, 0.29) is 12.0 Å². The van der Waals surface area contributed by atoms with Crippen molar-refractivity contribution >= 4 is 5.97 Å². The summed E-state index contributed by atoms with van der Waals surface area (Å²) in [5.41, 5.74) is 0. The first kappa shape index (κ1) is 15.5. The summed E-state index contributed by atoms with van der Waals surface area (Å²) in [5.74, 6) is 0.571. The molecule has 1 N–H and O–H groups in total. The van der Waals surface area contributed by atoms with Gasteiger partial charge in [0.05, 0.1) is 7.11 Å². The first-order valence-electron chi connectivity index (χ1n) is 7.53. The predicted octanol–water partition coefficient (Wildman–Crippen LogP) is 3.28. The maximum Gasteiger partial charge on any atom is 0.322 e. The molecule has 3 heteroatoms. The van der Waals surface area contributed by atoms with Gasteiger partial charge in [0, 0.05) is 6.04 Å². The van der Waals surface area contributed by atoms with Gasteiger partial charge in [0.15, 0.2) is 0 Å². The third-order valence-corrected chi connectivity index (χ3v) is 4.11. The van der Waals surface area contributed by atoms with E-state index in [2.05, 4.69) is 19.2 Å². The Labute approximate surface area is 112 Å². The molecule has 0 aromatic rings. The van der Waals surface area contributed by atoms with Crippen LogP contribution in [0, 0.1) is 5.92 Å². The van der Waals surface area contributed by atoms with Crippen molar-refractivity contribution in [3.63, 3.8) is 0 Å². The fourth-order valence-electron chi connectivity index (χ4n) is 2.82. The van der Waals surface area contributed by atoms with Crippen LogP contribution < -0.4 is 5.32 Å². The zero-order valence-electron chi connectivity index (χ0n) is 12.2. The van der Waals surface area contributed by atoms with Crippen LogP contribution in [0.1, 0.15) is 65.2 Å². The van der Waals surface area contributed by atoms with E-state index >= 15 is 0 Å². The molecule has 0 aromatic carbocycles. The quantitative estimate of drug-likeness (QED) is 0.585. The summed E-state index contributed by atoms with van der Waals surface area (Å²) in [4.78, 5) is 11.8. The Morgan fingerprint density at radius 3 is 2.72 bits per heavy atom. The monoisotopic (exact) mass is 255 g/mol. The van der Waals surface area contributed by atoms with E-state index in [9.17, 15) is 4.79 Å². The number of carbonyl (C=O) groups excluding carboxylic acids is 1. The summed E-state index contributed by atoms with van der Waals surface area (Å²) < 4.78 is 4.92.